The number of unbranched alkanes of at least 4 members (excludes halogenated alkanes) is 9. The first-order valence-corrected chi connectivity index (χ1v) is 8.46. The third-order valence-corrected chi connectivity index (χ3v) is 3.75. The van der Waals surface area contributed by atoms with Crippen molar-refractivity contribution in [2.45, 2.75) is 89.9 Å². The minimum atomic E-state index is -0.450. The van der Waals surface area contributed by atoms with Crippen LogP contribution in [0.25, 0.3) is 0 Å². The van der Waals surface area contributed by atoms with E-state index in [-0.39, 0.29) is 5.97 Å². The van der Waals surface area contributed by atoms with Crippen molar-refractivity contribution in [1.82, 2.24) is 0 Å². The first kappa shape index (κ1) is 18.8. The number of hydrogen-bond acceptors (Lipinski definition) is 2. The highest BCUT2D eigenvalue weighted by molar-refractivity contribution is 6.29. The van der Waals surface area contributed by atoms with Crippen LogP contribution in [0.5, 0.6) is 0 Å². The van der Waals surface area contributed by atoms with Crippen molar-refractivity contribution in [2.24, 2.45) is 0 Å². The number of esters is 1. The number of halogens is 1. The molecule has 0 heterocycles. The predicted octanol–water partition coefficient (Wildman–Crippen LogP) is 5.47. The van der Waals surface area contributed by atoms with Gasteiger partial charge in [-0.15, -0.1) is 11.6 Å². The Hall–Kier alpha value is -0.240. The van der Waals surface area contributed by atoms with Crippen LogP contribution < -0.4 is 0 Å². The van der Waals surface area contributed by atoms with E-state index in [1.54, 1.807) is 0 Å². The van der Waals surface area contributed by atoms with Crippen LogP contribution in [0, 0.1) is 0 Å². The number of carbonyl (C=O) groups excluding carboxylic acids is 1. The fourth-order valence-corrected chi connectivity index (χ4v) is 2.38. The normalized spacial score (nSPS) is 12.4. The van der Waals surface area contributed by atoms with Gasteiger partial charge in [-0.3, -0.25) is 4.79 Å². The molecule has 2 nitrogen and oxygen atoms in total. The number of ether oxygens (including phenoxy) is 1. The quantitative estimate of drug-likeness (QED) is 0.255. The molecule has 114 valence electrons. The SMILES string of the molecule is CCCCCCCCCCCCC(Cl)C(=O)OCC. The van der Waals surface area contributed by atoms with E-state index in [1.165, 1.54) is 57.8 Å². The molecular formula is C16H31ClO2. The van der Waals surface area contributed by atoms with Crippen LogP contribution in [-0.2, 0) is 9.53 Å². The summed E-state index contributed by atoms with van der Waals surface area (Å²) >= 11 is 5.95. The summed E-state index contributed by atoms with van der Waals surface area (Å²) in [7, 11) is 0. The van der Waals surface area contributed by atoms with Crippen molar-refractivity contribution >= 4 is 17.6 Å². The van der Waals surface area contributed by atoms with Crippen LogP contribution in [-0.4, -0.2) is 18.0 Å². The van der Waals surface area contributed by atoms with Crippen molar-refractivity contribution in [3.63, 3.8) is 0 Å². The molecule has 0 aromatic carbocycles. The molecule has 0 aliphatic rings. The summed E-state index contributed by atoms with van der Waals surface area (Å²) in [6.45, 7) is 4.47. The summed E-state index contributed by atoms with van der Waals surface area (Å²) in [6.07, 6.45) is 13.7. The lowest BCUT2D eigenvalue weighted by atomic mass is 10.1. The van der Waals surface area contributed by atoms with E-state index >= 15 is 0 Å². The molecule has 0 bridgehead atoms. The summed E-state index contributed by atoms with van der Waals surface area (Å²) in [5, 5.41) is -0.450. The fraction of sp³-hybridized carbons (Fsp3) is 0.938. The zero-order valence-electron chi connectivity index (χ0n) is 12.8. The second-order valence-electron chi connectivity index (χ2n) is 5.19. The second kappa shape index (κ2) is 14.2. The monoisotopic (exact) mass is 290 g/mol. The molecule has 0 saturated heterocycles. The third kappa shape index (κ3) is 12.5. The molecule has 1 unspecified atom stereocenters. The number of alkyl halides is 1. The van der Waals surface area contributed by atoms with E-state index in [2.05, 4.69) is 6.92 Å². The Balaban J connectivity index is 3.20. The predicted molar refractivity (Wildman–Crippen MR) is 82.7 cm³/mol. The van der Waals surface area contributed by atoms with E-state index in [0.29, 0.717) is 6.61 Å². The van der Waals surface area contributed by atoms with Crippen LogP contribution in [0.4, 0.5) is 0 Å². The maximum atomic E-state index is 11.3. The number of hydrogen-bond donors (Lipinski definition) is 0. The van der Waals surface area contributed by atoms with Gasteiger partial charge in [-0.05, 0) is 13.3 Å². The summed E-state index contributed by atoms with van der Waals surface area (Å²) in [4.78, 5) is 11.3. The Bertz CT molecular complexity index is 207. The molecule has 0 N–H and O–H groups in total. The Labute approximate surface area is 124 Å². The van der Waals surface area contributed by atoms with Gasteiger partial charge in [0.1, 0.15) is 5.38 Å². The molecule has 19 heavy (non-hydrogen) atoms. The van der Waals surface area contributed by atoms with E-state index in [9.17, 15) is 4.79 Å². The van der Waals surface area contributed by atoms with Gasteiger partial charge in [-0.25, -0.2) is 0 Å². The standard InChI is InChI=1S/C16H31ClO2/c1-3-5-6-7-8-9-10-11-12-13-14-15(17)16(18)19-4-2/h15H,3-14H2,1-2H3. The van der Waals surface area contributed by atoms with Gasteiger partial charge < -0.3 is 4.74 Å². The van der Waals surface area contributed by atoms with Gasteiger partial charge in [0, 0.05) is 0 Å². The summed E-state index contributed by atoms with van der Waals surface area (Å²) in [5.74, 6) is -0.264. The Morgan fingerprint density at radius 3 is 1.84 bits per heavy atom. The summed E-state index contributed by atoms with van der Waals surface area (Å²) in [6, 6.07) is 0. The minimum Gasteiger partial charge on any atom is -0.465 e. The fourth-order valence-electron chi connectivity index (χ4n) is 2.16. The molecule has 0 aliphatic heterocycles. The van der Waals surface area contributed by atoms with Gasteiger partial charge in [0.15, 0.2) is 0 Å². The van der Waals surface area contributed by atoms with Crippen LogP contribution in [0.1, 0.15) is 84.5 Å². The smallest absolute Gasteiger partial charge is 0.324 e. The lowest BCUT2D eigenvalue weighted by Gasteiger charge is -2.08. The lowest BCUT2D eigenvalue weighted by molar-refractivity contribution is -0.142. The van der Waals surface area contributed by atoms with Crippen molar-refractivity contribution in [3.8, 4) is 0 Å². The van der Waals surface area contributed by atoms with Crippen LogP contribution in [0.2, 0.25) is 0 Å². The Morgan fingerprint density at radius 2 is 1.37 bits per heavy atom. The van der Waals surface area contributed by atoms with Crippen molar-refractivity contribution in [1.29, 1.82) is 0 Å². The molecule has 0 fully saturated rings. The molecule has 1 atom stereocenters. The first-order valence-electron chi connectivity index (χ1n) is 8.03. The summed E-state index contributed by atoms with van der Waals surface area (Å²) in [5.41, 5.74) is 0. The van der Waals surface area contributed by atoms with E-state index in [1.807, 2.05) is 6.92 Å². The van der Waals surface area contributed by atoms with Crippen LogP contribution in [0.15, 0.2) is 0 Å². The molecule has 0 amide bonds. The highest BCUT2D eigenvalue weighted by Crippen LogP contribution is 2.14. The number of rotatable bonds is 13. The molecule has 3 heteroatoms. The van der Waals surface area contributed by atoms with Crippen molar-refractivity contribution in [3.05, 3.63) is 0 Å². The van der Waals surface area contributed by atoms with E-state index in [4.69, 9.17) is 16.3 Å². The van der Waals surface area contributed by atoms with E-state index in [0.717, 1.165) is 12.8 Å². The molecule has 0 saturated carbocycles. The maximum Gasteiger partial charge on any atom is 0.324 e. The van der Waals surface area contributed by atoms with Crippen LogP contribution in [0.3, 0.4) is 0 Å². The Kier molecular flexibility index (Phi) is 14.0. The van der Waals surface area contributed by atoms with Gasteiger partial charge in [-0.1, -0.05) is 71.1 Å². The van der Waals surface area contributed by atoms with E-state index < -0.39 is 5.38 Å². The molecule has 0 aromatic rings. The average Bonchev–Trinajstić information content (AvgIpc) is 2.41. The number of carbonyl (C=O) groups is 1. The molecule has 0 spiro atoms. The molecule has 0 radical (unpaired) electrons. The van der Waals surface area contributed by atoms with Crippen molar-refractivity contribution < 1.29 is 9.53 Å². The van der Waals surface area contributed by atoms with Crippen molar-refractivity contribution in [2.75, 3.05) is 6.61 Å². The molecule has 0 rings (SSSR count). The Morgan fingerprint density at radius 1 is 0.895 bits per heavy atom. The largest absolute Gasteiger partial charge is 0.465 e. The highest BCUT2D eigenvalue weighted by Gasteiger charge is 2.15. The minimum absolute atomic E-state index is 0.264. The van der Waals surface area contributed by atoms with Gasteiger partial charge in [0.05, 0.1) is 6.61 Å². The second-order valence-corrected chi connectivity index (χ2v) is 5.72. The lowest BCUT2D eigenvalue weighted by Crippen LogP contribution is -2.17. The van der Waals surface area contributed by atoms with Crippen LogP contribution >= 0.6 is 11.6 Å². The van der Waals surface area contributed by atoms with Gasteiger partial charge in [-0.2, -0.15) is 0 Å². The molecule has 0 aromatic heterocycles. The van der Waals surface area contributed by atoms with Gasteiger partial charge >= 0.3 is 5.97 Å². The van der Waals surface area contributed by atoms with Gasteiger partial charge in [0.25, 0.3) is 0 Å². The molecular weight excluding hydrogens is 260 g/mol. The zero-order valence-corrected chi connectivity index (χ0v) is 13.5. The average molecular weight is 291 g/mol. The third-order valence-electron chi connectivity index (χ3n) is 3.35. The first-order chi connectivity index (χ1) is 9.22. The summed E-state index contributed by atoms with van der Waals surface area (Å²) < 4.78 is 4.88. The molecule has 0 aliphatic carbocycles. The van der Waals surface area contributed by atoms with Gasteiger partial charge in [0.2, 0.25) is 0 Å². The zero-order chi connectivity index (χ0) is 14.3. The highest BCUT2D eigenvalue weighted by atomic mass is 35.5. The topological polar surface area (TPSA) is 26.3 Å². The maximum absolute atomic E-state index is 11.3.